The summed E-state index contributed by atoms with van der Waals surface area (Å²) in [7, 11) is 0. The van der Waals surface area contributed by atoms with E-state index in [0.717, 1.165) is 57.3 Å². The number of piperidine rings is 1. The molecule has 0 bridgehead atoms. The molecular weight excluding hydrogens is 295 g/mol. The average Bonchev–Trinajstić information content (AvgIpc) is 2.59. The maximum absolute atomic E-state index is 12.9. The molecule has 0 aromatic heterocycles. The summed E-state index contributed by atoms with van der Waals surface area (Å²) < 4.78 is 18.5. The lowest BCUT2D eigenvalue weighted by Gasteiger charge is -2.33. The van der Waals surface area contributed by atoms with E-state index < -0.39 is 0 Å². The van der Waals surface area contributed by atoms with E-state index in [2.05, 4.69) is 10.2 Å². The summed E-state index contributed by atoms with van der Waals surface area (Å²) in [5.41, 5.74) is 1.13. The van der Waals surface area contributed by atoms with Crippen molar-refractivity contribution in [3.63, 3.8) is 0 Å². The Morgan fingerprint density at radius 2 is 1.91 bits per heavy atom. The Morgan fingerprint density at radius 1 is 1.17 bits per heavy atom. The molecule has 0 saturated carbocycles. The Hall–Kier alpha value is -1.46. The molecule has 1 aromatic carbocycles. The molecular formula is C18H25FN2O2. The number of hydrogen-bond acceptors (Lipinski definition) is 3. The van der Waals surface area contributed by atoms with Gasteiger partial charge in [0.2, 0.25) is 5.91 Å². The molecule has 1 atom stereocenters. The van der Waals surface area contributed by atoms with Gasteiger partial charge in [0, 0.05) is 32.3 Å². The highest BCUT2D eigenvalue weighted by Gasteiger charge is 2.26. The van der Waals surface area contributed by atoms with E-state index in [-0.39, 0.29) is 23.9 Å². The summed E-state index contributed by atoms with van der Waals surface area (Å²) >= 11 is 0. The molecule has 5 heteroatoms. The number of halogens is 1. The lowest BCUT2D eigenvalue weighted by atomic mass is 10.0. The molecule has 2 fully saturated rings. The molecule has 2 heterocycles. The number of nitrogens with zero attached hydrogens (tertiary/aromatic N) is 1. The third-order valence-corrected chi connectivity index (χ3v) is 4.73. The van der Waals surface area contributed by atoms with E-state index in [0.29, 0.717) is 6.61 Å². The van der Waals surface area contributed by atoms with E-state index in [1.54, 1.807) is 0 Å². The summed E-state index contributed by atoms with van der Waals surface area (Å²) in [4.78, 5) is 14.5. The van der Waals surface area contributed by atoms with Crippen molar-refractivity contribution in [3.8, 4) is 0 Å². The first-order chi connectivity index (χ1) is 11.2. The van der Waals surface area contributed by atoms with Gasteiger partial charge in [0.05, 0.1) is 0 Å². The fourth-order valence-corrected chi connectivity index (χ4v) is 3.33. The summed E-state index contributed by atoms with van der Waals surface area (Å²) in [6, 6.07) is 6.93. The third-order valence-electron chi connectivity index (χ3n) is 4.73. The summed E-state index contributed by atoms with van der Waals surface area (Å²) in [6.07, 6.45) is 4.65. The summed E-state index contributed by atoms with van der Waals surface area (Å²) in [5, 5.41) is 3.14. The Bertz CT molecular complexity index is 506. The molecule has 126 valence electrons. The molecule has 2 aliphatic rings. The maximum Gasteiger partial charge on any atom is 0.249 e. The summed E-state index contributed by atoms with van der Waals surface area (Å²) in [5.74, 6) is -0.137. The van der Waals surface area contributed by atoms with Gasteiger partial charge in [-0.1, -0.05) is 12.1 Å². The van der Waals surface area contributed by atoms with Gasteiger partial charge in [0.25, 0.3) is 0 Å². The zero-order valence-electron chi connectivity index (χ0n) is 13.5. The van der Waals surface area contributed by atoms with E-state index in [1.807, 2.05) is 12.1 Å². The van der Waals surface area contributed by atoms with Crippen LogP contribution in [0.2, 0.25) is 0 Å². The highest BCUT2D eigenvalue weighted by Crippen LogP contribution is 2.16. The molecule has 1 aromatic rings. The molecule has 1 amide bonds. The van der Waals surface area contributed by atoms with E-state index >= 15 is 0 Å². The number of carbonyl (C=O) groups excluding carboxylic acids is 1. The van der Waals surface area contributed by atoms with Crippen LogP contribution in [0.1, 0.15) is 37.7 Å². The Balaban J connectivity index is 1.41. The normalized spacial score (nSPS) is 23.6. The lowest BCUT2D eigenvalue weighted by Crippen LogP contribution is -2.48. The highest BCUT2D eigenvalue weighted by molar-refractivity contribution is 5.81. The Labute approximate surface area is 137 Å². The zero-order valence-corrected chi connectivity index (χ0v) is 13.5. The highest BCUT2D eigenvalue weighted by atomic mass is 19.1. The van der Waals surface area contributed by atoms with Crippen LogP contribution in [-0.2, 0) is 16.1 Å². The topological polar surface area (TPSA) is 41.6 Å². The van der Waals surface area contributed by atoms with Gasteiger partial charge in [-0.05, 0) is 49.8 Å². The van der Waals surface area contributed by atoms with Crippen LogP contribution in [0.25, 0.3) is 0 Å². The quantitative estimate of drug-likeness (QED) is 0.927. The molecule has 0 spiro atoms. The van der Waals surface area contributed by atoms with Crippen molar-refractivity contribution in [2.75, 3.05) is 19.7 Å². The molecule has 1 N–H and O–H groups in total. The molecule has 0 aliphatic carbocycles. The van der Waals surface area contributed by atoms with Crippen molar-refractivity contribution >= 4 is 5.91 Å². The zero-order chi connectivity index (χ0) is 16.1. The van der Waals surface area contributed by atoms with Crippen molar-refractivity contribution in [2.24, 2.45) is 0 Å². The van der Waals surface area contributed by atoms with Crippen LogP contribution < -0.4 is 5.32 Å². The third kappa shape index (κ3) is 4.75. The average molecular weight is 320 g/mol. The molecule has 3 rings (SSSR count). The van der Waals surface area contributed by atoms with Crippen molar-refractivity contribution in [1.82, 2.24) is 10.2 Å². The molecule has 1 unspecified atom stereocenters. The number of rotatable bonds is 4. The number of amides is 1. The first-order valence-corrected chi connectivity index (χ1v) is 8.59. The SMILES string of the molecule is O=C(NC1CCN(Cc2ccc(F)cc2)CC1)C1CCCCO1. The molecule has 0 radical (unpaired) electrons. The van der Waals surface area contributed by atoms with Gasteiger partial charge < -0.3 is 10.1 Å². The van der Waals surface area contributed by atoms with Gasteiger partial charge in [0.15, 0.2) is 0 Å². The number of ether oxygens (including phenoxy) is 1. The first kappa shape index (κ1) is 16.4. The second-order valence-corrected chi connectivity index (χ2v) is 6.54. The van der Waals surface area contributed by atoms with Gasteiger partial charge >= 0.3 is 0 Å². The van der Waals surface area contributed by atoms with Gasteiger partial charge in [0.1, 0.15) is 11.9 Å². The monoisotopic (exact) mass is 320 g/mol. The van der Waals surface area contributed by atoms with Crippen molar-refractivity contribution in [2.45, 2.75) is 50.8 Å². The lowest BCUT2D eigenvalue weighted by molar-refractivity contribution is -0.136. The number of hydrogen-bond donors (Lipinski definition) is 1. The van der Waals surface area contributed by atoms with Gasteiger partial charge in [-0.15, -0.1) is 0 Å². The molecule has 4 nitrogen and oxygen atoms in total. The van der Waals surface area contributed by atoms with Crippen LogP contribution in [0.15, 0.2) is 24.3 Å². The molecule has 2 saturated heterocycles. The maximum atomic E-state index is 12.9. The first-order valence-electron chi connectivity index (χ1n) is 8.59. The van der Waals surface area contributed by atoms with Gasteiger partial charge in [-0.25, -0.2) is 4.39 Å². The Kier molecular flexibility index (Phi) is 5.62. The van der Waals surface area contributed by atoms with E-state index in [4.69, 9.17) is 4.74 Å². The fraction of sp³-hybridized carbons (Fsp3) is 0.611. The number of likely N-dealkylation sites (tertiary alicyclic amines) is 1. The van der Waals surface area contributed by atoms with Gasteiger partial charge in [-0.3, -0.25) is 9.69 Å². The Morgan fingerprint density at radius 3 is 2.57 bits per heavy atom. The van der Waals surface area contributed by atoms with E-state index in [9.17, 15) is 9.18 Å². The van der Waals surface area contributed by atoms with Crippen LogP contribution in [0.4, 0.5) is 4.39 Å². The predicted octanol–water partition coefficient (Wildman–Crippen LogP) is 2.48. The number of benzene rings is 1. The second kappa shape index (κ2) is 7.88. The standard InChI is InChI=1S/C18H25FN2O2/c19-15-6-4-14(5-7-15)13-21-10-8-16(9-11-21)20-18(22)17-3-1-2-12-23-17/h4-7,16-17H,1-3,8-13H2,(H,20,22). The molecule has 23 heavy (non-hydrogen) atoms. The number of nitrogens with one attached hydrogen (secondary N) is 1. The van der Waals surface area contributed by atoms with Crippen LogP contribution in [0.5, 0.6) is 0 Å². The molecule has 2 aliphatic heterocycles. The largest absolute Gasteiger partial charge is 0.368 e. The second-order valence-electron chi connectivity index (χ2n) is 6.54. The minimum Gasteiger partial charge on any atom is -0.368 e. The van der Waals surface area contributed by atoms with Crippen LogP contribution >= 0.6 is 0 Å². The number of carbonyl (C=O) groups is 1. The van der Waals surface area contributed by atoms with Crippen LogP contribution in [-0.4, -0.2) is 42.6 Å². The van der Waals surface area contributed by atoms with Crippen molar-refractivity contribution < 1.29 is 13.9 Å². The minimum atomic E-state index is -0.249. The van der Waals surface area contributed by atoms with Crippen LogP contribution in [0.3, 0.4) is 0 Å². The van der Waals surface area contributed by atoms with Gasteiger partial charge in [-0.2, -0.15) is 0 Å². The fourth-order valence-electron chi connectivity index (χ4n) is 3.33. The van der Waals surface area contributed by atoms with Crippen LogP contribution in [0, 0.1) is 5.82 Å². The smallest absolute Gasteiger partial charge is 0.249 e. The summed E-state index contributed by atoms with van der Waals surface area (Å²) in [6.45, 7) is 3.45. The minimum absolute atomic E-state index is 0.0571. The van der Waals surface area contributed by atoms with Crippen molar-refractivity contribution in [3.05, 3.63) is 35.6 Å². The predicted molar refractivity (Wildman–Crippen MR) is 86.4 cm³/mol. The van der Waals surface area contributed by atoms with Crippen molar-refractivity contribution in [1.29, 1.82) is 0 Å². The van der Waals surface area contributed by atoms with E-state index in [1.165, 1.54) is 12.1 Å².